The van der Waals surface area contributed by atoms with E-state index < -0.39 is 17.0 Å². The fourth-order valence-corrected chi connectivity index (χ4v) is 1.95. The third-order valence-electron chi connectivity index (χ3n) is 3.30. The summed E-state index contributed by atoms with van der Waals surface area (Å²) >= 11 is 0. The average Bonchev–Trinajstić information content (AvgIpc) is 2.54. The van der Waals surface area contributed by atoms with E-state index in [2.05, 4.69) is 0 Å². The molecule has 0 unspecified atom stereocenters. The van der Waals surface area contributed by atoms with Gasteiger partial charge in [-0.1, -0.05) is 29.8 Å². The van der Waals surface area contributed by atoms with Gasteiger partial charge in [-0.2, -0.15) is 0 Å². The van der Waals surface area contributed by atoms with Crippen LogP contribution in [0.3, 0.4) is 0 Å². The highest BCUT2D eigenvalue weighted by Crippen LogP contribution is 2.14. The Balaban J connectivity index is 2.05. The zero-order chi connectivity index (χ0) is 17.0. The first-order valence-electron chi connectivity index (χ1n) is 6.95. The number of nitro groups is 1. The van der Waals surface area contributed by atoms with Gasteiger partial charge in [0.25, 0.3) is 5.69 Å². The Morgan fingerprint density at radius 2 is 1.52 bits per heavy atom. The van der Waals surface area contributed by atoms with Gasteiger partial charge in [-0.05, 0) is 26.0 Å². The molecule has 1 atom stereocenters. The van der Waals surface area contributed by atoms with Crippen molar-refractivity contribution in [1.29, 1.82) is 0 Å². The second-order valence-corrected chi connectivity index (χ2v) is 5.08. The number of nitrogens with zero attached hydrogens (tertiary/aromatic N) is 1. The Morgan fingerprint density at radius 3 is 2.04 bits per heavy atom. The molecule has 0 saturated carbocycles. The smallest absolute Gasteiger partial charge is 0.338 e. The Bertz CT molecular complexity index is 735. The van der Waals surface area contributed by atoms with E-state index in [1.165, 1.54) is 31.2 Å². The second kappa shape index (κ2) is 6.83. The van der Waals surface area contributed by atoms with E-state index in [4.69, 9.17) is 4.74 Å². The first kappa shape index (κ1) is 16.4. The maximum atomic E-state index is 12.2. The molecule has 118 valence electrons. The van der Waals surface area contributed by atoms with Crippen molar-refractivity contribution >= 4 is 17.4 Å². The maximum Gasteiger partial charge on any atom is 0.338 e. The predicted molar refractivity (Wildman–Crippen MR) is 83.5 cm³/mol. The lowest BCUT2D eigenvalue weighted by molar-refractivity contribution is -0.384. The molecular formula is C17H15NO5. The number of carbonyl (C=O) groups is 2. The van der Waals surface area contributed by atoms with Crippen molar-refractivity contribution in [2.45, 2.75) is 20.0 Å². The number of non-ortho nitro benzene ring substituents is 1. The number of ether oxygens (including phenoxy) is 1. The van der Waals surface area contributed by atoms with Crippen LogP contribution in [0.2, 0.25) is 0 Å². The molecule has 0 spiro atoms. The molecule has 0 N–H and O–H groups in total. The van der Waals surface area contributed by atoms with Crippen LogP contribution in [0.5, 0.6) is 0 Å². The Morgan fingerprint density at radius 1 is 1.00 bits per heavy atom. The van der Waals surface area contributed by atoms with Crippen LogP contribution in [-0.2, 0) is 4.74 Å². The third-order valence-corrected chi connectivity index (χ3v) is 3.30. The number of nitro benzene ring substituents is 1. The Hall–Kier alpha value is -3.02. The zero-order valence-corrected chi connectivity index (χ0v) is 12.7. The standard InChI is InChI=1S/C17H15NO5/c1-11-3-5-13(6-4-11)16(19)12(2)23-17(20)14-7-9-15(10-8-14)18(21)22/h3-10,12H,1-2H3/t12-/m1/s1. The number of benzene rings is 2. The summed E-state index contributed by atoms with van der Waals surface area (Å²) in [6.45, 7) is 3.40. The molecule has 0 aromatic heterocycles. The van der Waals surface area contributed by atoms with Crippen LogP contribution < -0.4 is 0 Å². The summed E-state index contributed by atoms with van der Waals surface area (Å²) < 4.78 is 5.12. The minimum Gasteiger partial charge on any atom is -0.451 e. The molecule has 6 nitrogen and oxygen atoms in total. The van der Waals surface area contributed by atoms with E-state index in [9.17, 15) is 19.7 Å². The molecule has 0 aliphatic carbocycles. The van der Waals surface area contributed by atoms with Crippen LogP contribution in [0.15, 0.2) is 48.5 Å². The fourth-order valence-electron chi connectivity index (χ4n) is 1.95. The summed E-state index contributed by atoms with van der Waals surface area (Å²) in [4.78, 5) is 34.2. The van der Waals surface area contributed by atoms with Crippen molar-refractivity contribution < 1.29 is 19.2 Å². The van der Waals surface area contributed by atoms with Gasteiger partial charge in [0.1, 0.15) is 0 Å². The van der Waals surface area contributed by atoms with Crippen LogP contribution >= 0.6 is 0 Å². The highest BCUT2D eigenvalue weighted by Gasteiger charge is 2.20. The van der Waals surface area contributed by atoms with Crippen LogP contribution in [0.4, 0.5) is 5.69 Å². The van der Waals surface area contributed by atoms with Crippen LogP contribution in [0.1, 0.15) is 33.2 Å². The minimum absolute atomic E-state index is 0.120. The topological polar surface area (TPSA) is 86.5 Å². The Kier molecular flexibility index (Phi) is 4.85. The van der Waals surface area contributed by atoms with Gasteiger partial charge in [-0.25, -0.2) is 4.79 Å². The SMILES string of the molecule is Cc1ccc(C(=O)[C@@H](C)OC(=O)c2ccc([N+](=O)[O-])cc2)cc1. The number of hydrogen-bond acceptors (Lipinski definition) is 5. The lowest BCUT2D eigenvalue weighted by Gasteiger charge is -2.12. The van der Waals surface area contributed by atoms with Gasteiger partial charge in [0.15, 0.2) is 6.10 Å². The van der Waals surface area contributed by atoms with Crippen molar-refractivity contribution in [1.82, 2.24) is 0 Å². The summed E-state index contributed by atoms with van der Waals surface area (Å²) in [7, 11) is 0. The lowest BCUT2D eigenvalue weighted by atomic mass is 10.1. The molecular weight excluding hydrogens is 298 g/mol. The number of hydrogen-bond donors (Lipinski definition) is 0. The number of carbonyl (C=O) groups excluding carboxylic acids is 2. The number of ketones is 1. The molecule has 0 saturated heterocycles. The van der Waals surface area contributed by atoms with E-state index in [0.29, 0.717) is 5.56 Å². The van der Waals surface area contributed by atoms with Gasteiger partial charge in [0, 0.05) is 17.7 Å². The molecule has 0 bridgehead atoms. The molecule has 23 heavy (non-hydrogen) atoms. The van der Waals surface area contributed by atoms with Crippen LogP contribution in [0.25, 0.3) is 0 Å². The normalized spacial score (nSPS) is 11.6. The van der Waals surface area contributed by atoms with Crippen molar-refractivity contribution in [2.24, 2.45) is 0 Å². The molecule has 0 aliphatic rings. The number of rotatable bonds is 5. The third kappa shape index (κ3) is 4.00. The summed E-state index contributed by atoms with van der Waals surface area (Å²) in [5, 5.41) is 10.6. The molecule has 0 radical (unpaired) electrons. The Labute approximate surface area is 132 Å². The summed E-state index contributed by atoms with van der Waals surface area (Å²) in [6, 6.07) is 12.0. The van der Waals surface area contributed by atoms with Crippen molar-refractivity contribution in [3.05, 3.63) is 75.3 Å². The lowest BCUT2D eigenvalue weighted by Crippen LogP contribution is -2.24. The van der Waals surface area contributed by atoms with Crippen LogP contribution in [0, 0.1) is 17.0 Å². The number of aryl methyl sites for hydroxylation is 1. The van der Waals surface area contributed by atoms with Gasteiger partial charge in [-0.15, -0.1) is 0 Å². The monoisotopic (exact) mass is 313 g/mol. The zero-order valence-electron chi connectivity index (χ0n) is 12.7. The maximum absolute atomic E-state index is 12.2. The number of Topliss-reactive ketones (excluding diaryl/α,β-unsaturated/α-hetero) is 1. The van der Waals surface area contributed by atoms with Crippen LogP contribution in [-0.4, -0.2) is 22.8 Å². The second-order valence-electron chi connectivity index (χ2n) is 5.08. The van der Waals surface area contributed by atoms with E-state index in [-0.39, 0.29) is 17.0 Å². The summed E-state index contributed by atoms with van der Waals surface area (Å²) in [5.41, 5.74) is 1.51. The van der Waals surface area contributed by atoms with E-state index in [0.717, 1.165) is 5.56 Å². The minimum atomic E-state index is -0.944. The van der Waals surface area contributed by atoms with Crippen molar-refractivity contribution in [2.75, 3.05) is 0 Å². The molecule has 0 aliphatic heterocycles. The largest absolute Gasteiger partial charge is 0.451 e. The summed E-state index contributed by atoms with van der Waals surface area (Å²) in [6.07, 6.45) is -0.944. The predicted octanol–water partition coefficient (Wildman–Crippen LogP) is 3.33. The average molecular weight is 313 g/mol. The molecule has 2 aromatic carbocycles. The summed E-state index contributed by atoms with van der Waals surface area (Å²) in [5.74, 6) is -1.01. The van der Waals surface area contributed by atoms with E-state index in [1.54, 1.807) is 24.3 Å². The molecule has 0 amide bonds. The quantitative estimate of drug-likeness (QED) is 0.366. The molecule has 2 aromatic rings. The first-order valence-corrected chi connectivity index (χ1v) is 6.95. The molecule has 0 heterocycles. The highest BCUT2D eigenvalue weighted by molar-refractivity contribution is 6.01. The van der Waals surface area contributed by atoms with Gasteiger partial charge >= 0.3 is 5.97 Å². The van der Waals surface area contributed by atoms with Crippen molar-refractivity contribution in [3.8, 4) is 0 Å². The molecule has 6 heteroatoms. The first-order chi connectivity index (χ1) is 10.9. The van der Waals surface area contributed by atoms with E-state index >= 15 is 0 Å². The van der Waals surface area contributed by atoms with Crippen molar-refractivity contribution in [3.63, 3.8) is 0 Å². The van der Waals surface area contributed by atoms with Gasteiger partial charge < -0.3 is 4.74 Å². The van der Waals surface area contributed by atoms with Gasteiger partial charge in [0.05, 0.1) is 10.5 Å². The van der Waals surface area contributed by atoms with Gasteiger partial charge in [-0.3, -0.25) is 14.9 Å². The molecule has 0 fully saturated rings. The highest BCUT2D eigenvalue weighted by atomic mass is 16.6. The molecule has 2 rings (SSSR count). The fraction of sp³-hybridized carbons (Fsp3) is 0.176. The number of esters is 1. The van der Waals surface area contributed by atoms with E-state index in [1.807, 2.05) is 6.92 Å². The van der Waals surface area contributed by atoms with Gasteiger partial charge in [0.2, 0.25) is 5.78 Å².